The monoisotopic (exact) mass is 415 g/mol. The van der Waals surface area contributed by atoms with E-state index in [1.165, 1.54) is 25.7 Å². The van der Waals surface area contributed by atoms with Gasteiger partial charge in [-0.1, -0.05) is 19.1 Å². The standard InChI is InChI=1S/C24H29N7/c1-18-10-14-31(15-11-18)23-9-8-21(28-29-23)19-4-6-20(7-5-19)27-22-16-24(26-17-25-22)30-12-2-3-13-30/h4-9,16-18H,2-3,10-15H2,1H3,(H,25,26,27). The van der Waals surface area contributed by atoms with Crippen molar-refractivity contribution in [1.82, 2.24) is 20.2 Å². The number of hydrogen-bond donors (Lipinski definition) is 1. The molecule has 5 rings (SSSR count). The summed E-state index contributed by atoms with van der Waals surface area (Å²) in [6.07, 6.45) is 6.54. The molecule has 2 saturated heterocycles. The van der Waals surface area contributed by atoms with Gasteiger partial charge in [0, 0.05) is 43.5 Å². The molecule has 0 unspecified atom stereocenters. The average Bonchev–Trinajstić information content (AvgIpc) is 3.36. The van der Waals surface area contributed by atoms with Gasteiger partial charge in [-0.25, -0.2) is 9.97 Å². The van der Waals surface area contributed by atoms with Crippen molar-refractivity contribution < 1.29 is 0 Å². The van der Waals surface area contributed by atoms with Crippen molar-refractivity contribution in [1.29, 1.82) is 0 Å². The second kappa shape index (κ2) is 8.88. The summed E-state index contributed by atoms with van der Waals surface area (Å²) in [4.78, 5) is 13.4. The van der Waals surface area contributed by atoms with Crippen molar-refractivity contribution in [3.63, 3.8) is 0 Å². The summed E-state index contributed by atoms with van der Waals surface area (Å²) in [6.45, 7) is 6.60. The first-order valence-electron chi connectivity index (χ1n) is 11.3. The summed E-state index contributed by atoms with van der Waals surface area (Å²) < 4.78 is 0. The molecular weight excluding hydrogens is 386 g/mol. The lowest BCUT2D eigenvalue weighted by Gasteiger charge is -2.30. The maximum Gasteiger partial charge on any atom is 0.151 e. The highest BCUT2D eigenvalue weighted by Crippen LogP contribution is 2.25. The fraction of sp³-hybridized carbons (Fsp3) is 0.417. The Hall–Kier alpha value is -3.22. The van der Waals surface area contributed by atoms with E-state index in [2.05, 4.69) is 78.6 Å². The zero-order chi connectivity index (χ0) is 21.0. The molecule has 0 bridgehead atoms. The van der Waals surface area contributed by atoms with E-state index in [0.29, 0.717) is 0 Å². The molecule has 0 radical (unpaired) electrons. The molecule has 0 spiro atoms. The Labute approximate surface area is 183 Å². The van der Waals surface area contributed by atoms with Crippen molar-refractivity contribution in [3.8, 4) is 11.3 Å². The molecule has 2 aliphatic rings. The van der Waals surface area contributed by atoms with Crippen LogP contribution in [0.5, 0.6) is 0 Å². The Balaban J connectivity index is 1.24. The molecule has 4 heterocycles. The first kappa shape index (κ1) is 19.7. The second-order valence-corrected chi connectivity index (χ2v) is 8.60. The zero-order valence-electron chi connectivity index (χ0n) is 18.0. The van der Waals surface area contributed by atoms with E-state index in [9.17, 15) is 0 Å². The van der Waals surface area contributed by atoms with Crippen LogP contribution in [0.25, 0.3) is 11.3 Å². The molecule has 7 nitrogen and oxygen atoms in total. The van der Waals surface area contributed by atoms with Gasteiger partial charge in [0.25, 0.3) is 0 Å². The number of hydrogen-bond acceptors (Lipinski definition) is 7. The summed E-state index contributed by atoms with van der Waals surface area (Å²) in [5.74, 6) is 3.59. The van der Waals surface area contributed by atoms with Gasteiger partial charge in [-0.2, -0.15) is 0 Å². The maximum absolute atomic E-state index is 4.48. The van der Waals surface area contributed by atoms with E-state index in [-0.39, 0.29) is 0 Å². The van der Waals surface area contributed by atoms with Crippen LogP contribution in [0.4, 0.5) is 23.1 Å². The maximum atomic E-state index is 4.48. The predicted molar refractivity (Wildman–Crippen MR) is 125 cm³/mol. The number of aromatic nitrogens is 4. The van der Waals surface area contributed by atoms with Gasteiger partial charge in [0.15, 0.2) is 5.82 Å². The van der Waals surface area contributed by atoms with Crippen LogP contribution < -0.4 is 15.1 Å². The molecule has 2 aromatic heterocycles. The number of piperidine rings is 1. The minimum atomic E-state index is 0.810. The third kappa shape index (κ3) is 4.60. The van der Waals surface area contributed by atoms with Crippen LogP contribution in [0.2, 0.25) is 0 Å². The summed E-state index contributed by atoms with van der Waals surface area (Å²) in [7, 11) is 0. The first-order chi connectivity index (χ1) is 15.2. The van der Waals surface area contributed by atoms with E-state index < -0.39 is 0 Å². The summed E-state index contributed by atoms with van der Waals surface area (Å²) >= 11 is 0. The Morgan fingerprint density at radius 2 is 1.55 bits per heavy atom. The van der Waals surface area contributed by atoms with Crippen molar-refractivity contribution in [2.24, 2.45) is 5.92 Å². The lowest BCUT2D eigenvalue weighted by molar-refractivity contribution is 0.436. The van der Waals surface area contributed by atoms with E-state index >= 15 is 0 Å². The number of benzene rings is 1. The van der Waals surface area contributed by atoms with E-state index in [1.54, 1.807) is 6.33 Å². The van der Waals surface area contributed by atoms with Gasteiger partial charge in [-0.3, -0.25) is 0 Å². The highest BCUT2D eigenvalue weighted by atomic mass is 15.3. The molecule has 3 aromatic rings. The lowest BCUT2D eigenvalue weighted by Crippen LogP contribution is -2.33. The fourth-order valence-corrected chi connectivity index (χ4v) is 4.29. The molecule has 1 N–H and O–H groups in total. The number of rotatable bonds is 5. The van der Waals surface area contributed by atoms with Crippen LogP contribution in [-0.2, 0) is 0 Å². The molecule has 0 atom stereocenters. The van der Waals surface area contributed by atoms with E-state index in [4.69, 9.17) is 0 Å². The lowest BCUT2D eigenvalue weighted by atomic mass is 9.99. The fourth-order valence-electron chi connectivity index (χ4n) is 4.29. The zero-order valence-corrected chi connectivity index (χ0v) is 18.0. The third-order valence-corrected chi connectivity index (χ3v) is 6.29. The summed E-state index contributed by atoms with van der Waals surface area (Å²) in [6, 6.07) is 14.4. The third-order valence-electron chi connectivity index (χ3n) is 6.29. The van der Waals surface area contributed by atoms with Gasteiger partial charge in [0.05, 0.1) is 5.69 Å². The van der Waals surface area contributed by atoms with Crippen LogP contribution in [0, 0.1) is 5.92 Å². The number of nitrogens with one attached hydrogen (secondary N) is 1. The van der Waals surface area contributed by atoms with Crippen LogP contribution in [0.1, 0.15) is 32.6 Å². The van der Waals surface area contributed by atoms with Crippen LogP contribution in [0.3, 0.4) is 0 Å². The largest absolute Gasteiger partial charge is 0.356 e. The Bertz CT molecular complexity index is 989. The minimum Gasteiger partial charge on any atom is -0.356 e. The van der Waals surface area contributed by atoms with Gasteiger partial charge in [0.2, 0.25) is 0 Å². The topological polar surface area (TPSA) is 70.1 Å². The van der Waals surface area contributed by atoms with E-state index in [0.717, 1.165) is 66.5 Å². The number of nitrogens with zero attached hydrogens (tertiary/aromatic N) is 6. The molecule has 7 heteroatoms. The Morgan fingerprint density at radius 1 is 0.806 bits per heavy atom. The number of anilines is 4. The van der Waals surface area contributed by atoms with Crippen molar-refractivity contribution in [2.75, 3.05) is 41.3 Å². The highest BCUT2D eigenvalue weighted by molar-refractivity contribution is 5.66. The highest BCUT2D eigenvalue weighted by Gasteiger charge is 2.17. The molecule has 0 amide bonds. The van der Waals surface area contributed by atoms with Crippen LogP contribution in [0.15, 0.2) is 48.8 Å². The normalized spacial score (nSPS) is 17.2. The second-order valence-electron chi connectivity index (χ2n) is 8.60. The van der Waals surface area contributed by atoms with Crippen LogP contribution in [-0.4, -0.2) is 46.3 Å². The van der Waals surface area contributed by atoms with Crippen molar-refractivity contribution >= 4 is 23.1 Å². The van der Waals surface area contributed by atoms with Crippen LogP contribution >= 0.6 is 0 Å². The first-order valence-corrected chi connectivity index (χ1v) is 11.3. The molecule has 2 fully saturated rings. The van der Waals surface area contributed by atoms with Crippen molar-refractivity contribution in [3.05, 3.63) is 48.8 Å². The quantitative estimate of drug-likeness (QED) is 0.657. The molecule has 0 saturated carbocycles. The van der Waals surface area contributed by atoms with E-state index in [1.807, 2.05) is 6.07 Å². The smallest absolute Gasteiger partial charge is 0.151 e. The molecule has 160 valence electrons. The molecule has 0 aliphatic carbocycles. The van der Waals surface area contributed by atoms with Gasteiger partial charge in [0.1, 0.15) is 18.0 Å². The Morgan fingerprint density at radius 3 is 2.26 bits per heavy atom. The summed E-state index contributed by atoms with van der Waals surface area (Å²) in [5, 5.41) is 12.3. The molecule has 2 aliphatic heterocycles. The average molecular weight is 416 g/mol. The van der Waals surface area contributed by atoms with Crippen molar-refractivity contribution in [2.45, 2.75) is 32.6 Å². The molecule has 31 heavy (non-hydrogen) atoms. The van der Waals surface area contributed by atoms with Gasteiger partial charge < -0.3 is 15.1 Å². The Kier molecular flexibility index (Phi) is 5.65. The predicted octanol–water partition coefficient (Wildman–Crippen LogP) is 4.51. The SMILES string of the molecule is CC1CCN(c2ccc(-c3ccc(Nc4cc(N5CCCC5)ncn4)cc3)nn2)CC1. The van der Waals surface area contributed by atoms with Gasteiger partial charge in [-0.15, -0.1) is 10.2 Å². The minimum absolute atomic E-state index is 0.810. The van der Waals surface area contributed by atoms with Gasteiger partial charge in [-0.05, 0) is 55.9 Å². The molecular formula is C24H29N7. The summed E-state index contributed by atoms with van der Waals surface area (Å²) in [5.41, 5.74) is 2.93. The van der Waals surface area contributed by atoms with Gasteiger partial charge >= 0.3 is 0 Å². The molecule has 1 aromatic carbocycles.